The van der Waals surface area contributed by atoms with Crippen molar-refractivity contribution in [1.82, 2.24) is 9.88 Å². The van der Waals surface area contributed by atoms with E-state index in [9.17, 15) is 15.0 Å². The first-order chi connectivity index (χ1) is 22.5. The van der Waals surface area contributed by atoms with Crippen LogP contribution in [0, 0.1) is 11.6 Å². The Bertz CT molecular complexity index is 1880. The van der Waals surface area contributed by atoms with E-state index >= 15 is 8.78 Å². The number of carboxylic acid groups (broad SMARTS) is 1. The molecule has 16 heteroatoms. The SMILES string of the molecule is COc1cc(C(=O)O)cc(OC)c1Oc1c(F)c(Oc2cccc(NC3=NCCN3C)c2)nc(Oc2cc(C(N)=[NH2+])ccc2O)c1F. The van der Waals surface area contributed by atoms with Gasteiger partial charge >= 0.3 is 5.97 Å². The van der Waals surface area contributed by atoms with Crippen molar-refractivity contribution in [3.63, 3.8) is 0 Å². The van der Waals surface area contributed by atoms with E-state index < -0.39 is 40.9 Å². The predicted octanol–water partition coefficient (Wildman–Crippen LogP) is 3.34. The number of aromatic nitrogens is 1. The molecule has 0 aliphatic carbocycles. The quantitative estimate of drug-likeness (QED) is 0.117. The highest BCUT2D eigenvalue weighted by Gasteiger charge is 2.29. The number of phenols is 1. The Kier molecular flexibility index (Phi) is 9.11. The summed E-state index contributed by atoms with van der Waals surface area (Å²) in [5.41, 5.74) is 6.20. The predicted molar refractivity (Wildman–Crippen MR) is 164 cm³/mol. The number of carboxylic acids is 1. The Morgan fingerprint density at radius 2 is 1.60 bits per heavy atom. The molecule has 5 rings (SSSR count). The third-order valence-electron chi connectivity index (χ3n) is 6.75. The molecular formula is C31H29F2N6O8+. The fourth-order valence-electron chi connectivity index (χ4n) is 4.34. The minimum atomic E-state index is -1.46. The molecule has 0 unspecified atom stereocenters. The van der Waals surface area contributed by atoms with Gasteiger partial charge in [-0.25, -0.2) is 4.79 Å². The van der Waals surface area contributed by atoms with Crippen LogP contribution in [-0.4, -0.2) is 72.2 Å². The zero-order chi connectivity index (χ0) is 33.8. The lowest BCUT2D eigenvalue weighted by molar-refractivity contribution is -0.114. The number of phenolic OH excluding ortho intramolecular Hbond substituents is 1. The van der Waals surface area contributed by atoms with E-state index in [2.05, 4.69) is 15.3 Å². The Labute approximate surface area is 266 Å². The number of hydrogen-bond donors (Lipinski definition) is 5. The zero-order valence-corrected chi connectivity index (χ0v) is 25.2. The minimum Gasteiger partial charge on any atom is -0.504 e. The lowest BCUT2D eigenvalue weighted by Crippen LogP contribution is -2.46. The number of carbonyl (C=O) groups is 1. The number of ether oxygens (including phenoxy) is 5. The third-order valence-corrected chi connectivity index (χ3v) is 6.75. The minimum absolute atomic E-state index is 0.0856. The van der Waals surface area contributed by atoms with E-state index in [-0.39, 0.29) is 45.7 Å². The van der Waals surface area contributed by atoms with Gasteiger partial charge < -0.3 is 44.1 Å². The maximum absolute atomic E-state index is 16.1. The highest BCUT2D eigenvalue weighted by molar-refractivity contribution is 5.95. The molecule has 4 aromatic rings. The number of anilines is 1. The second-order valence-electron chi connectivity index (χ2n) is 9.92. The number of aliphatic imine (C=N–C) groups is 1. The molecule has 0 spiro atoms. The summed E-state index contributed by atoms with van der Waals surface area (Å²) < 4.78 is 59.7. The maximum Gasteiger partial charge on any atom is 0.335 e. The standard InChI is InChI=1S/C31H28F2N6O8/c1-39-10-9-36-31(39)37-17-5-4-6-18(14-17)45-28-23(32)26(47-25-21(43-2)12-16(30(41)42)13-22(25)44-3)24(33)29(38-28)46-20-11-15(27(34)35)7-8-19(20)40/h4-8,11-14,40H,9-10H2,1-3H3,(H3,34,35)(H,36,37)(H,41,42)/p+1. The van der Waals surface area contributed by atoms with Crippen molar-refractivity contribution in [1.29, 1.82) is 0 Å². The molecule has 3 aromatic carbocycles. The number of methoxy groups -OCH3 is 2. The van der Waals surface area contributed by atoms with Gasteiger partial charge in [0.15, 0.2) is 29.0 Å². The molecule has 47 heavy (non-hydrogen) atoms. The summed E-state index contributed by atoms with van der Waals surface area (Å²) in [6.45, 7) is 1.35. The molecule has 7 N–H and O–H groups in total. The van der Waals surface area contributed by atoms with Gasteiger partial charge in [-0.1, -0.05) is 6.07 Å². The summed E-state index contributed by atoms with van der Waals surface area (Å²) in [5, 5.41) is 28.7. The largest absolute Gasteiger partial charge is 0.504 e. The van der Waals surface area contributed by atoms with Crippen molar-refractivity contribution in [3.05, 3.63) is 77.4 Å². The van der Waals surface area contributed by atoms with Crippen LogP contribution in [0.15, 0.2) is 59.6 Å². The van der Waals surface area contributed by atoms with Gasteiger partial charge in [0.2, 0.25) is 23.1 Å². The highest BCUT2D eigenvalue weighted by atomic mass is 19.1. The molecule has 0 bridgehead atoms. The first-order valence-electron chi connectivity index (χ1n) is 13.7. The number of halogens is 2. The number of aromatic hydroxyl groups is 1. The molecule has 1 aromatic heterocycles. The topological polar surface area (TPSA) is 196 Å². The lowest BCUT2D eigenvalue weighted by atomic mass is 10.2. The van der Waals surface area contributed by atoms with Gasteiger partial charge in [-0.15, -0.1) is 0 Å². The summed E-state index contributed by atoms with van der Waals surface area (Å²) in [6.07, 6.45) is 0. The number of aromatic carboxylic acids is 1. The van der Waals surface area contributed by atoms with Gasteiger partial charge in [-0.2, -0.15) is 13.8 Å². The number of nitrogens with zero attached hydrogens (tertiary/aromatic N) is 3. The Morgan fingerprint density at radius 1 is 0.936 bits per heavy atom. The van der Waals surface area contributed by atoms with E-state index in [1.807, 2.05) is 11.9 Å². The molecule has 0 saturated heterocycles. The number of rotatable bonds is 11. The number of amidine groups is 1. The van der Waals surface area contributed by atoms with Crippen LogP contribution in [0.2, 0.25) is 0 Å². The number of guanidine groups is 1. The summed E-state index contributed by atoms with van der Waals surface area (Å²) in [7, 11) is 4.26. The van der Waals surface area contributed by atoms with Crippen molar-refractivity contribution in [3.8, 4) is 52.0 Å². The molecule has 1 aliphatic heterocycles. The molecule has 1 aliphatic rings. The normalized spacial score (nSPS) is 12.3. The van der Waals surface area contributed by atoms with Gasteiger partial charge in [0.05, 0.1) is 31.9 Å². The lowest BCUT2D eigenvalue weighted by Gasteiger charge is -2.18. The first kappa shape index (κ1) is 32.1. The van der Waals surface area contributed by atoms with Gasteiger partial charge in [0.25, 0.3) is 17.6 Å². The van der Waals surface area contributed by atoms with Gasteiger partial charge in [0, 0.05) is 31.4 Å². The zero-order valence-electron chi connectivity index (χ0n) is 25.2. The van der Waals surface area contributed by atoms with Crippen molar-refractivity contribution < 1.29 is 52.9 Å². The highest BCUT2D eigenvalue weighted by Crippen LogP contribution is 2.46. The van der Waals surface area contributed by atoms with Crippen LogP contribution in [-0.2, 0) is 0 Å². The van der Waals surface area contributed by atoms with Gasteiger partial charge in [-0.05, 0) is 36.4 Å². The smallest absolute Gasteiger partial charge is 0.335 e. The number of pyridine rings is 1. The molecule has 0 fully saturated rings. The van der Waals surface area contributed by atoms with Crippen LogP contribution in [0.4, 0.5) is 14.5 Å². The number of hydrogen-bond acceptors (Lipinski definition) is 11. The fraction of sp³-hybridized carbons (Fsp3) is 0.161. The van der Waals surface area contributed by atoms with Crippen molar-refractivity contribution >= 4 is 23.5 Å². The summed E-state index contributed by atoms with van der Waals surface area (Å²) in [4.78, 5) is 21.8. The van der Waals surface area contributed by atoms with E-state index in [1.54, 1.807) is 12.1 Å². The average molecular weight is 652 g/mol. The second-order valence-corrected chi connectivity index (χ2v) is 9.92. The van der Waals surface area contributed by atoms with Crippen LogP contribution < -0.4 is 40.1 Å². The Balaban J connectivity index is 1.61. The van der Waals surface area contributed by atoms with Gasteiger partial charge in [-0.3, -0.25) is 16.1 Å². The number of nitrogens with one attached hydrogen (secondary N) is 1. The van der Waals surface area contributed by atoms with Crippen molar-refractivity contribution in [2.45, 2.75) is 0 Å². The average Bonchev–Trinajstić information content (AvgIpc) is 3.45. The van der Waals surface area contributed by atoms with E-state index in [4.69, 9.17) is 34.8 Å². The molecule has 0 atom stereocenters. The third kappa shape index (κ3) is 6.85. The van der Waals surface area contributed by atoms with E-state index in [1.165, 1.54) is 44.6 Å². The molecule has 0 radical (unpaired) electrons. The number of benzene rings is 3. The molecule has 2 heterocycles. The monoisotopic (exact) mass is 651 g/mol. The Hall–Kier alpha value is -6.32. The molecular weight excluding hydrogens is 622 g/mol. The first-order valence-corrected chi connectivity index (χ1v) is 13.7. The number of likely N-dealkylation sites (N-methyl/N-ethyl adjacent to an activating group) is 1. The van der Waals surface area contributed by atoms with E-state index in [0.717, 1.165) is 18.7 Å². The number of nitrogens with two attached hydrogens (primary N) is 2. The summed E-state index contributed by atoms with van der Waals surface area (Å²) >= 11 is 0. The summed E-state index contributed by atoms with van der Waals surface area (Å²) in [5.74, 6) is -7.95. The molecule has 0 saturated carbocycles. The molecule has 0 amide bonds. The van der Waals surface area contributed by atoms with Crippen LogP contribution in [0.1, 0.15) is 15.9 Å². The second kappa shape index (κ2) is 13.4. The van der Waals surface area contributed by atoms with Crippen LogP contribution in [0.5, 0.6) is 52.0 Å². The summed E-state index contributed by atoms with van der Waals surface area (Å²) in [6, 6.07) is 12.4. The fourth-order valence-corrected chi connectivity index (χ4v) is 4.34. The van der Waals surface area contributed by atoms with Crippen LogP contribution >= 0.6 is 0 Å². The van der Waals surface area contributed by atoms with Crippen LogP contribution in [0.3, 0.4) is 0 Å². The molecule has 14 nitrogen and oxygen atoms in total. The van der Waals surface area contributed by atoms with E-state index in [0.29, 0.717) is 18.2 Å². The van der Waals surface area contributed by atoms with Gasteiger partial charge in [0.1, 0.15) is 5.75 Å². The van der Waals surface area contributed by atoms with Crippen molar-refractivity contribution in [2.75, 3.05) is 39.7 Å². The Morgan fingerprint density at radius 3 is 2.19 bits per heavy atom. The molecule has 244 valence electrons. The van der Waals surface area contributed by atoms with Crippen LogP contribution in [0.25, 0.3) is 0 Å². The van der Waals surface area contributed by atoms with Crippen molar-refractivity contribution in [2.24, 2.45) is 10.7 Å². The maximum atomic E-state index is 16.1.